The van der Waals surface area contributed by atoms with Crippen molar-refractivity contribution in [1.82, 2.24) is 5.01 Å². The smallest absolute Gasteiger partial charge is 0.276 e. The van der Waals surface area contributed by atoms with E-state index in [9.17, 15) is 9.90 Å². The highest BCUT2D eigenvalue weighted by atomic mass is 16.3. The number of hydrogen-bond donors (Lipinski definition) is 2. The predicted molar refractivity (Wildman–Crippen MR) is 62.6 cm³/mol. The lowest BCUT2D eigenvalue weighted by Crippen LogP contribution is -2.43. The van der Waals surface area contributed by atoms with Crippen LogP contribution in [-0.2, 0) is 0 Å². The Hall–Kier alpha value is -1.88. The van der Waals surface area contributed by atoms with E-state index in [1.807, 2.05) is 0 Å². The lowest BCUT2D eigenvalue weighted by Gasteiger charge is -2.26. The van der Waals surface area contributed by atoms with E-state index in [2.05, 4.69) is 5.10 Å². The van der Waals surface area contributed by atoms with Gasteiger partial charge >= 0.3 is 0 Å². The molecule has 0 saturated heterocycles. The third-order valence-corrected chi connectivity index (χ3v) is 2.62. The maximum atomic E-state index is 12.1. The van der Waals surface area contributed by atoms with Crippen molar-refractivity contribution in [3.8, 4) is 5.75 Å². The van der Waals surface area contributed by atoms with E-state index in [4.69, 9.17) is 5.11 Å². The minimum Gasteiger partial charge on any atom is -0.508 e. The second-order valence-electron chi connectivity index (χ2n) is 4.39. The van der Waals surface area contributed by atoms with Gasteiger partial charge in [-0.15, -0.1) is 0 Å². The largest absolute Gasteiger partial charge is 0.508 e. The zero-order valence-electron chi connectivity index (χ0n) is 9.71. The number of aromatic hydroxyl groups is 1. The van der Waals surface area contributed by atoms with E-state index in [0.29, 0.717) is 17.7 Å². The summed E-state index contributed by atoms with van der Waals surface area (Å²) in [5, 5.41) is 24.3. The molecule has 0 radical (unpaired) electrons. The van der Waals surface area contributed by atoms with Crippen molar-refractivity contribution in [2.24, 2.45) is 5.10 Å². The maximum absolute atomic E-state index is 12.1. The van der Waals surface area contributed by atoms with E-state index in [1.165, 1.54) is 24.3 Å². The summed E-state index contributed by atoms with van der Waals surface area (Å²) in [4.78, 5) is 12.1. The summed E-state index contributed by atoms with van der Waals surface area (Å²) in [6.45, 7) is 3.31. The number of phenolic OH excluding ortho intramolecular Hbond substituents is 1. The number of benzene rings is 1. The first-order chi connectivity index (χ1) is 7.90. The molecule has 90 valence electrons. The number of nitrogens with zero attached hydrogens (tertiary/aromatic N) is 2. The Labute approximate surface area is 99.0 Å². The molecule has 0 aromatic heterocycles. The second-order valence-corrected chi connectivity index (χ2v) is 4.39. The average Bonchev–Trinajstić information content (AvgIpc) is 2.52. The molecule has 0 unspecified atom stereocenters. The number of phenols is 1. The Morgan fingerprint density at radius 2 is 2.00 bits per heavy atom. The molecule has 5 heteroatoms. The first kappa shape index (κ1) is 11.6. The average molecular weight is 234 g/mol. The van der Waals surface area contributed by atoms with Crippen LogP contribution in [0.3, 0.4) is 0 Å². The van der Waals surface area contributed by atoms with E-state index < -0.39 is 5.72 Å². The number of carbonyl (C=O) groups excluding carboxylic acids is 1. The fourth-order valence-electron chi connectivity index (χ4n) is 1.86. The molecular formula is C12H14N2O3. The molecule has 1 aromatic rings. The Morgan fingerprint density at radius 3 is 2.47 bits per heavy atom. The van der Waals surface area contributed by atoms with Crippen molar-refractivity contribution < 1.29 is 15.0 Å². The number of aliphatic hydroxyl groups is 1. The summed E-state index contributed by atoms with van der Waals surface area (Å²) in [5.41, 5.74) is -0.192. The summed E-state index contributed by atoms with van der Waals surface area (Å²) < 4.78 is 0. The van der Waals surface area contributed by atoms with Crippen LogP contribution in [0.15, 0.2) is 29.4 Å². The first-order valence-electron chi connectivity index (χ1n) is 5.30. The Kier molecular flexibility index (Phi) is 2.63. The molecule has 1 aromatic carbocycles. The summed E-state index contributed by atoms with van der Waals surface area (Å²) in [6.07, 6.45) is 0.344. The first-order valence-corrected chi connectivity index (χ1v) is 5.30. The Morgan fingerprint density at radius 1 is 1.41 bits per heavy atom. The van der Waals surface area contributed by atoms with Crippen molar-refractivity contribution in [3.63, 3.8) is 0 Å². The van der Waals surface area contributed by atoms with Gasteiger partial charge in [0.15, 0.2) is 5.72 Å². The van der Waals surface area contributed by atoms with Crippen LogP contribution in [-0.4, -0.2) is 32.6 Å². The molecule has 5 nitrogen and oxygen atoms in total. The van der Waals surface area contributed by atoms with Gasteiger partial charge in [-0.3, -0.25) is 4.79 Å². The molecule has 1 amide bonds. The quantitative estimate of drug-likeness (QED) is 0.769. The normalized spacial score (nSPS) is 23.7. The number of rotatable bonds is 1. The SMILES string of the molecule is CC1=NN(C(=O)c2ccc(O)cc2)[C@@](C)(O)C1. The zero-order valence-corrected chi connectivity index (χ0v) is 9.71. The molecule has 0 bridgehead atoms. The predicted octanol–water partition coefficient (Wildman–Crippen LogP) is 1.32. The molecule has 17 heavy (non-hydrogen) atoms. The maximum Gasteiger partial charge on any atom is 0.276 e. The molecule has 0 aliphatic carbocycles. The highest BCUT2D eigenvalue weighted by molar-refractivity contribution is 5.97. The van der Waals surface area contributed by atoms with Crippen molar-refractivity contribution in [2.45, 2.75) is 26.0 Å². The molecule has 1 atom stereocenters. The fraction of sp³-hybridized carbons (Fsp3) is 0.333. The van der Waals surface area contributed by atoms with E-state index in [1.54, 1.807) is 13.8 Å². The highest BCUT2D eigenvalue weighted by Crippen LogP contribution is 2.26. The van der Waals surface area contributed by atoms with Crippen molar-refractivity contribution in [2.75, 3.05) is 0 Å². The van der Waals surface area contributed by atoms with Crippen LogP contribution in [0.1, 0.15) is 30.6 Å². The second kappa shape index (κ2) is 3.85. The number of amides is 1. The van der Waals surface area contributed by atoms with Gasteiger partial charge in [-0.2, -0.15) is 10.1 Å². The highest BCUT2D eigenvalue weighted by Gasteiger charge is 2.39. The third kappa shape index (κ3) is 2.14. The van der Waals surface area contributed by atoms with Gasteiger partial charge in [-0.05, 0) is 38.1 Å². The van der Waals surface area contributed by atoms with Gasteiger partial charge < -0.3 is 10.2 Å². The van der Waals surface area contributed by atoms with Crippen molar-refractivity contribution >= 4 is 11.6 Å². The Balaban J connectivity index is 2.29. The van der Waals surface area contributed by atoms with Crippen LogP contribution in [0.25, 0.3) is 0 Å². The van der Waals surface area contributed by atoms with Crippen LogP contribution in [0.4, 0.5) is 0 Å². The van der Waals surface area contributed by atoms with Gasteiger partial charge in [0.05, 0.1) is 0 Å². The molecule has 2 N–H and O–H groups in total. The van der Waals surface area contributed by atoms with Gasteiger partial charge in [-0.1, -0.05) is 0 Å². The monoisotopic (exact) mass is 234 g/mol. The summed E-state index contributed by atoms with van der Waals surface area (Å²) in [7, 11) is 0. The van der Waals surface area contributed by atoms with Gasteiger partial charge in [0.25, 0.3) is 5.91 Å². The van der Waals surface area contributed by atoms with Crippen LogP contribution in [0, 0.1) is 0 Å². The van der Waals surface area contributed by atoms with E-state index in [0.717, 1.165) is 5.01 Å². The summed E-state index contributed by atoms with van der Waals surface area (Å²) >= 11 is 0. The van der Waals surface area contributed by atoms with Crippen LogP contribution >= 0.6 is 0 Å². The number of hydrogen-bond acceptors (Lipinski definition) is 4. The minimum atomic E-state index is -1.28. The van der Waals surface area contributed by atoms with E-state index >= 15 is 0 Å². The molecular weight excluding hydrogens is 220 g/mol. The Bertz CT molecular complexity index is 477. The van der Waals surface area contributed by atoms with Crippen LogP contribution in [0.2, 0.25) is 0 Å². The lowest BCUT2D eigenvalue weighted by atomic mass is 10.1. The van der Waals surface area contributed by atoms with Gasteiger partial charge in [0, 0.05) is 17.7 Å². The minimum absolute atomic E-state index is 0.0920. The number of hydrazone groups is 1. The number of carbonyl (C=O) groups is 1. The zero-order chi connectivity index (χ0) is 12.6. The molecule has 0 spiro atoms. The molecule has 1 heterocycles. The fourth-order valence-corrected chi connectivity index (χ4v) is 1.86. The van der Waals surface area contributed by atoms with Gasteiger partial charge in [0.1, 0.15) is 5.75 Å². The topological polar surface area (TPSA) is 73.1 Å². The standard InChI is InChI=1S/C12H14N2O3/c1-8-7-12(2,17)14(13-8)11(16)9-3-5-10(15)6-4-9/h3-6,15,17H,7H2,1-2H3/t12-/m0/s1. The van der Waals surface area contributed by atoms with Crippen LogP contribution in [0.5, 0.6) is 5.75 Å². The van der Waals surface area contributed by atoms with Gasteiger partial charge in [-0.25, -0.2) is 0 Å². The third-order valence-electron chi connectivity index (χ3n) is 2.62. The molecule has 0 saturated carbocycles. The molecule has 2 rings (SSSR count). The van der Waals surface area contributed by atoms with E-state index in [-0.39, 0.29) is 11.7 Å². The van der Waals surface area contributed by atoms with Crippen molar-refractivity contribution in [1.29, 1.82) is 0 Å². The molecule has 1 aliphatic heterocycles. The summed E-state index contributed by atoms with van der Waals surface area (Å²) in [5.74, 6) is -0.290. The van der Waals surface area contributed by atoms with Crippen LogP contribution < -0.4 is 0 Å². The van der Waals surface area contributed by atoms with Gasteiger partial charge in [0.2, 0.25) is 0 Å². The molecule has 0 fully saturated rings. The summed E-state index contributed by atoms with van der Waals surface area (Å²) in [6, 6.07) is 5.84. The van der Waals surface area contributed by atoms with Crippen molar-refractivity contribution in [3.05, 3.63) is 29.8 Å². The molecule has 1 aliphatic rings. The lowest BCUT2D eigenvalue weighted by molar-refractivity contribution is -0.0553.